The monoisotopic (exact) mass is 284 g/mol. The molecule has 19 heavy (non-hydrogen) atoms. The molecule has 0 radical (unpaired) electrons. The Hall–Kier alpha value is -0.680. The van der Waals surface area contributed by atoms with Gasteiger partial charge in [-0.1, -0.05) is 17.7 Å². The number of rotatable bonds is 2. The Bertz CT molecular complexity index is 457. The molecule has 3 nitrogen and oxygen atoms in total. The molecule has 2 aliphatic rings. The van der Waals surface area contributed by atoms with E-state index in [0.29, 0.717) is 6.04 Å². The van der Waals surface area contributed by atoms with Crippen molar-refractivity contribution < 1.29 is 9.13 Å². The van der Waals surface area contributed by atoms with Crippen molar-refractivity contribution in [1.82, 2.24) is 9.80 Å². The van der Waals surface area contributed by atoms with Crippen molar-refractivity contribution in [1.29, 1.82) is 0 Å². The van der Waals surface area contributed by atoms with Crippen molar-refractivity contribution in [2.24, 2.45) is 0 Å². The summed E-state index contributed by atoms with van der Waals surface area (Å²) in [7, 11) is 0. The van der Waals surface area contributed by atoms with Crippen LogP contribution in [0.3, 0.4) is 0 Å². The van der Waals surface area contributed by atoms with E-state index in [-0.39, 0.29) is 10.8 Å². The van der Waals surface area contributed by atoms with Crippen LogP contribution in [0.4, 0.5) is 4.39 Å². The molecule has 2 aliphatic heterocycles. The zero-order valence-corrected chi connectivity index (χ0v) is 11.6. The van der Waals surface area contributed by atoms with Gasteiger partial charge in [-0.25, -0.2) is 4.39 Å². The number of benzene rings is 1. The molecule has 0 bridgehead atoms. The van der Waals surface area contributed by atoms with Gasteiger partial charge in [-0.3, -0.25) is 9.80 Å². The molecule has 0 aliphatic carbocycles. The zero-order chi connectivity index (χ0) is 13.2. The van der Waals surface area contributed by atoms with Gasteiger partial charge in [0.05, 0.1) is 18.2 Å². The van der Waals surface area contributed by atoms with Gasteiger partial charge in [0.15, 0.2) is 0 Å². The van der Waals surface area contributed by atoms with Gasteiger partial charge in [-0.05, 0) is 17.7 Å². The summed E-state index contributed by atoms with van der Waals surface area (Å²) in [5.74, 6) is -0.351. The van der Waals surface area contributed by atoms with Gasteiger partial charge in [-0.15, -0.1) is 0 Å². The Labute approximate surface area is 117 Å². The number of morpholine rings is 1. The molecule has 2 fully saturated rings. The van der Waals surface area contributed by atoms with Crippen LogP contribution < -0.4 is 0 Å². The maximum absolute atomic E-state index is 13.1. The van der Waals surface area contributed by atoms with Crippen LogP contribution in [0, 0.1) is 5.82 Å². The minimum Gasteiger partial charge on any atom is -0.378 e. The van der Waals surface area contributed by atoms with E-state index in [2.05, 4.69) is 9.80 Å². The average Bonchev–Trinajstić information content (AvgIpc) is 2.43. The minimum atomic E-state index is -0.351. The first-order valence-corrected chi connectivity index (χ1v) is 7.08. The second-order valence-corrected chi connectivity index (χ2v) is 5.66. The van der Waals surface area contributed by atoms with E-state index in [1.807, 2.05) is 6.07 Å². The molecule has 0 aromatic heterocycles. The molecule has 1 aromatic rings. The standard InChI is InChI=1S/C14H18ClFN2O/c15-13-7-11(1-2-14(13)16)8-17-3-4-18-5-6-19-10-12(18)9-17/h1-2,7,12H,3-6,8-10H2/t12-/m0/s1. The number of piperazine rings is 1. The van der Waals surface area contributed by atoms with E-state index >= 15 is 0 Å². The van der Waals surface area contributed by atoms with E-state index in [0.717, 1.165) is 51.5 Å². The fourth-order valence-corrected chi connectivity index (χ4v) is 3.05. The SMILES string of the molecule is Fc1ccc(CN2CCN3CCOC[C@@H]3C2)cc1Cl. The van der Waals surface area contributed by atoms with E-state index in [9.17, 15) is 4.39 Å². The molecule has 5 heteroatoms. The predicted octanol–water partition coefficient (Wildman–Crippen LogP) is 2.00. The summed E-state index contributed by atoms with van der Waals surface area (Å²) >= 11 is 5.82. The Balaban J connectivity index is 1.62. The van der Waals surface area contributed by atoms with Crippen LogP contribution in [0.25, 0.3) is 0 Å². The molecular formula is C14H18ClFN2O. The molecule has 2 saturated heterocycles. The number of fused-ring (bicyclic) bond motifs is 1. The van der Waals surface area contributed by atoms with Gasteiger partial charge in [0.2, 0.25) is 0 Å². The molecule has 104 valence electrons. The quantitative estimate of drug-likeness (QED) is 0.826. The van der Waals surface area contributed by atoms with Gasteiger partial charge in [0.25, 0.3) is 0 Å². The first-order valence-electron chi connectivity index (χ1n) is 6.70. The molecule has 2 heterocycles. The van der Waals surface area contributed by atoms with Crippen LogP contribution in [0.5, 0.6) is 0 Å². The van der Waals surface area contributed by atoms with Gasteiger partial charge in [0.1, 0.15) is 5.82 Å². The van der Waals surface area contributed by atoms with Crippen molar-refractivity contribution in [3.63, 3.8) is 0 Å². The van der Waals surface area contributed by atoms with Gasteiger partial charge >= 0.3 is 0 Å². The zero-order valence-electron chi connectivity index (χ0n) is 10.8. The van der Waals surface area contributed by atoms with Crippen molar-refractivity contribution in [2.45, 2.75) is 12.6 Å². The minimum absolute atomic E-state index is 0.206. The highest BCUT2D eigenvalue weighted by Gasteiger charge is 2.29. The lowest BCUT2D eigenvalue weighted by Gasteiger charge is -2.43. The summed E-state index contributed by atoms with van der Waals surface area (Å²) < 4.78 is 18.7. The first kappa shape index (κ1) is 13.3. The third-order valence-corrected chi connectivity index (χ3v) is 4.20. The summed E-state index contributed by atoms with van der Waals surface area (Å²) in [5, 5.41) is 0.206. The highest BCUT2D eigenvalue weighted by Crippen LogP contribution is 2.19. The predicted molar refractivity (Wildman–Crippen MR) is 72.9 cm³/mol. The number of hydrogen-bond donors (Lipinski definition) is 0. The van der Waals surface area contributed by atoms with Crippen molar-refractivity contribution >= 4 is 11.6 Å². The summed E-state index contributed by atoms with van der Waals surface area (Å²) in [6.07, 6.45) is 0. The lowest BCUT2D eigenvalue weighted by atomic mass is 10.1. The van der Waals surface area contributed by atoms with Crippen LogP contribution >= 0.6 is 11.6 Å². The highest BCUT2D eigenvalue weighted by molar-refractivity contribution is 6.30. The number of ether oxygens (including phenoxy) is 1. The molecule has 3 rings (SSSR count). The van der Waals surface area contributed by atoms with Crippen molar-refractivity contribution in [2.75, 3.05) is 39.4 Å². The van der Waals surface area contributed by atoms with E-state index in [1.165, 1.54) is 6.07 Å². The molecular weight excluding hydrogens is 267 g/mol. The second-order valence-electron chi connectivity index (χ2n) is 5.25. The number of halogens is 2. The maximum atomic E-state index is 13.1. The molecule has 1 aromatic carbocycles. The summed E-state index contributed by atoms with van der Waals surface area (Å²) in [6, 6.07) is 5.47. The van der Waals surface area contributed by atoms with Gasteiger partial charge in [0, 0.05) is 38.8 Å². The lowest BCUT2D eigenvalue weighted by Crippen LogP contribution is -2.57. The van der Waals surface area contributed by atoms with Crippen molar-refractivity contribution in [3.05, 3.63) is 34.6 Å². The van der Waals surface area contributed by atoms with Gasteiger partial charge < -0.3 is 4.74 Å². The number of hydrogen-bond acceptors (Lipinski definition) is 3. The second kappa shape index (κ2) is 5.75. The molecule has 1 atom stereocenters. The fourth-order valence-electron chi connectivity index (χ4n) is 2.85. The van der Waals surface area contributed by atoms with E-state index in [4.69, 9.17) is 16.3 Å². The molecule has 0 amide bonds. The highest BCUT2D eigenvalue weighted by atomic mass is 35.5. The lowest BCUT2D eigenvalue weighted by molar-refractivity contribution is -0.0461. The third kappa shape index (κ3) is 3.08. The first-order chi connectivity index (χ1) is 9.22. The van der Waals surface area contributed by atoms with Crippen LogP contribution in [-0.2, 0) is 11.3 Å². The topological polar surface area (TPSA) is 15.7 Å². The van der Waals surface area contributed by atoms with E-state index < -0.39 is 0 Å². The molecule has 0 N–H and O–H groups in total. The van der Waals surface area contributed by atoms with E-state index in [1.54, 1.807) is 6.07 Å². The Kier molecular flexibility index (Phi) is 4.03. The molecule has 0 unspecified atom stereocenters. The van der Waals surface area contributed by atoms with Crippen molar-refractivity contribution in [3.8, 4) is 0 Å². The Morgan fingerprint density at radius 2 is 2.21 bits per heavy atom. The fraction of sp³-hybridized carbons (Fsp3) is 0.571. The Morgan fingerprint density at radius 3 is 3.05 bits per heavy atom. The third-order valence-electron chi connectivity index (χ3n) is 3.91. The van der Waals surface area contributed by atoms with Crippen LogP contribution in [0.2, 0.25) is 5.02 Å². The maximum Gasteiger partial charge on any atom is 0.141 e. The molecule has 0 saturated carbocycles. The summed E-state index contributed by atoms with van der Waals surface area (Å²) in [6.45, 7) is 6.68. The number of nitrogens with zero attached hydrogens (tertiary/aromatic N) is 2. The normalized spacial score (nSPS) is 25.3. The Morgan fingerprint density at radius 1 is 1.32 bits per heavy atom. The smallest absolute Gasteiger partial charge is 0.141 e. The molecule has 0 spiro atoms. The van der Waals surface area contributed by atoms with Crippen LogP contribution in [0.15, 0.2) is 18.2 Å². The average molecular weight is 285 g/mol. The summed E-state index contributed by atoms with van der Waals surface area (Å²) in [5.41, 5.74) is 1.07. The van der Waals surface area contributed by atoms with Gasteiger partial charge in [-0.2, -0.15) is 0 Å². The largest absolute Gasteiger partial charge is 0.378 e. The summed E-state index contributed by atoms with van der Waals surface area (Å²) in [4.78, 5) is 4.89. The van der Waals surface area contributed by atoms with Crippen LogP contribution in [-0.4, -0.2) is 55.2 Å². The van der Waals surface area contributed by atoms with Crippen LogP contribution in [0.1, 0.15) is 5.56 Å².